The Labute approximate surface area is 112 Å². The summed E-state index contributed by atoms with van der Waals surface area (Å²) in [6, 6.07) is 8.16. The molecule has 0 aromatic heterocycles. The van der Waals surface area contributed by atoms with Crippen LogP contribution in [0.1, 0.15) is 30.7 Å². The predicted molar refractivity (Wildman–Crippen MR) is 74.9 cm³/mol. The van der Waals surface area contributed by atoms with Crippen molar-refractivity contribution in [3.8, 4) is 0 Å². The third-order valence-corrected chi connectivity index (χ3v) is 3.92. The van der Waals surface area contributed by atoms with Gasteiger partial charge >= 0.3 is 5.97 Å². The third kappa shape index (κ3) is 2.62. The second-order valence-corrected chi connectivity index (χ2v) is 5.32. The summed E-state index contributed by atoms with van der Waals surface area (Å²) in [5.41, 5.74) is 2.29. The van der Waals surface area contributed by atoms with Crippen LogP contribution in [0.2, 0.25) is 0 Å². The highest BCUT2D eigenvalue weighted by atomic mass is 16.4. The number of aliphatic imine (C=N–C) groups is 1. The summed E-state index contributed by atoms with van der Waals surface area (Å²) in [6.07, 6.45) is 4.40. The van der Waals surface area contributed by atoms with E-state index in [4.69, 9.17) is 5.11 Å². The van der Waals surface area contributed by atoms with Crippen molar-refractivity contribution in [2.45, 2.75) is 25.2 Å². The normalized spacial score (nSPS) is 19.7. The molecule has 1 aromatic carbocycles. The van der Waals surface area contributed by atoms with E-state index in [1.807, 2.05) is 18.5 Å². The van der Waals surface area contributed by atoms with Gasteiger partial charge in [0.1, 0.15) is 0 Å². The Hall–Kier alpha value is -1.84. The van der Waals surface area contributed by atoms with Crippen molar-refractivity contribution in [1.29, 1.82) is 0 Å². The van der Waals surface area contributed by atoms with Crippen molar-refractivity contribution in [1.82, 2.24) is 0 Å². The topological polar surface area (TPSA) is 52.9 Å². The zero-order valence-corrected chi connectivity index (χ0v) is 10.8. The highest BCUT2D eigenvalue weighted by molar-refractivity contribution is 5.83. The Kier molecular flexibility index (Phi) is 3.23. The van der Waals surface area contributed by atoms with E-state index in [0.29, 0.717) is 5.92 Å². The van der Waals surface area contributed by atoms with Gasteiger partial charge in [-0.15, -0.1) is 0 Å². The van der Waals surface area contributed by atoms with Gasteiger partial charge in [-0.1, -0.05) is 18.2 Å². The number of carboxylic acid groups (broad SMARTS) is 1. The first-order valence-electron chi connectivity index (χ1n) is 6.83. The van der Waals surface area contributed by atoms with Crippen LogP contribution in [0.25, 0.3) is 0 Å². The summed E-state index contributed by atoms with van der Waals surface area (Å²) >= 11 is 0. The molecule has 2 aliphatic rings. The van der Waals surface area contributed by atoms with Crippen LogP contribution in [0.5, 0.6) is 0 Å². The lowest BCUT2D eigenvalue weighted by atomic mass is 9.89. The Bertz CT molecular complexity index is 509. The standard InChI is InChI=1S/C15H18N2O2/c18-15(19)9-13(11-5-6-11)12-3-1-2-4-14(12)17-8-7-16-10-17/h1-4,10-11,13H,5-9H2,(H,18,19). The fraction of sp³-hybridized carbons (Fsp3) is 0.467. The first kappa shape index (κ1) is 12.2. The molecule has 1 aliphatic carbocycles. The highest BCUT2D eigenvalue weighted by Crippen LogP contribution is 2.46. The van der Waals surface area contributed by atoms with Gasteiger partial charge in [0, 0.05) is 12.2 Å². The molecule has 4 nitrogen and oxygen atoms in total. The smallest absolute Gasteiger partial charge is 0.303 e. The van der Waals surface area contributed by atoms with Gasteiger partial charge in [0.2, 0.25) is 0 Å². The van der Waals surface area contributed by atoms with Gasteiger partial charge in [0.25, 0.3) is 0 Å². The number of carbonyl (C=O) groups is 1. The van der Waals surface area contributed by atoms with Crippen molar-refractivity contribution >= 4 is 18.0 Å². The molecular weight excluding hydrogens is 240 g/mol. The lowest BCUT2D eigenvalue weighted by Crippen LogP contribution is -2.21. The van der Waals surface area contributed by atoms with Crippen LogP contribution >= 0.6 is 0 Å². The Morgan fingerprint density at radius 1 is 1.42 bits per heavy atom. The number of rotatable bonds is 5. The monoisotopic (exact) mass is 258 g/mol. The summed E-state index contributed by atoms with van der Waals surface area (Å²) in [5.74, 6) is -0.0266. The molecule has 1 fully saturated rings. The SMILES string of the molecule is O=C(O)CC(c1ccccc1N1C=NCC1)C1CC1. The van der Waals surface area contributed by atoms with Crippen LogP contribution < -0.4 is 4.90 Å². The Balaban J connectivity index is 1.93. The number of anilines is 1. The summed E-state index contributed by atoms with van der Waals surface area (Å²) in [6.45, 7) is 1.71. The molecule has 19 heavy (non-hydrogen) atoms. The number of hydrogen-bond acceptors (Lipinski definition) is 3. The zero-order chi connectivity index (χ0) is 13.2. The highest BCUT2D eigenvalue weighted by Gasteiger charge is 2.35. The number of nitrogens with zero attached hydrogens (tertiary/aromatic N) is 2. The van der Waals surface area contributed by atoms with Crippen molar-refractivity contribution in [3.05, 3.63) is 29.8 Å². The van der Waals surface area contributed by atoms with E-state index in [-0.39, 0.29) is 12.3 Å². The summed E-state index contributed by atoms with van der Waals surface area (Å²) < 4.78 is 0. The zero-order valence-electron chi connectivity index (χ0n) is 10.8. The van der Waals surface area contributed by atoms with Crippen LogP contribution in [-0.4, -0.2) is 30.5 Å². The van der Waals surface area contributed by atoms with E-state index in [1.54, 1.807) is 0 Å². The van der Waals surface area contributed by atoms with Crippen LogP contribution in [0.4, 0.5) is 5.69 Å². The molecule has 1 atom stereocenters. The van der Waals surface area contributed by atoms with Gasteiger partial charge in [-0.3, -0.25) is 9.79 Å². The van der Waals surface area contributed by atoms with Gasteiger partial charge in [0.05, 0.1) is 19.3 Å². The number of carboxylic acids is 1. The van der Waals surface area contributed by atoms with E-state index in [9.17, 15) is 4.79 Å². The molecule has 4 heteroatoms. The summed E-state index contributed by atoms with van der Waals surface area (Å²) in [5, 5.41) is 9.14. The molecule has 1 heterocycles. The average Bonchev–Trinajstić information content (AvgIpc) is 3.10. The van der Waals surface area contributed by atoms with Crippen molar-refractivity contribution in [2.24, 2.45) is 10.9 Å². The third-order valence-electron chi connectivity index (χ3n) is 3.92. The molecule has 0 saturated heterocycles. The van der Waals surface area contributed by atoms with Gasteiger partial charge in [-0.25, -0.2) is 0 Å². The second kappa shape index (κ2) is 5.03. The van der Waals surface area contributed by atoms with E-state index in [2.05, 4.69) is 22.0 Å². The van der Waals surface area contributed by atoms with E-state index in [1.165, 1.54) is 5.56 Å². The van der Waals surface area contributed by atoms with Gasteiger partial charge in [-0.05, 0) is 36.3 Å². The van der Waals surface area contributed by atoms with E-state index in [0.717, 1.165) is 31.6 Å². The van der Waals surface area contributed by atoms with Crippen LogP contribution in [0.3, 0.4) is 0 Å². The predicted octanol–water partition coefficient (Wildman–Crippen LogP) is 2.50. The second-order valence-electron chi connectivity index (χ2n) is 5.32. The number of hydrogen-bond donors (Lipinski definition) is 1. The largest absolute Gasteiger partial charge is 0.481 e. The lowest BCUT2D eigenvalue weighted by molar-refractivity contribution is -0.137. The fourth-order valence-electron chi connectivity index (χ4n) is 2.84. The van der Waals surface area contributed by atoms with Gasteiger partial charge < -0.3 is 10.0 Å². The van der Waals surface area contributed by atoms with Crippen molar-refractivity contribution in [2.75, 3.05) is 18.0 Å². The maximum absolute atomic E-state index is 11.1. The number of para-hydroxylation sites is 1. The van der Waals surface area contributed by atoms with Crippen LogP contribution in [-0.2, 0) is 4.79 Å². The minimum absolute atomic E-state index is 0.141. The summed E-state index contributed by atoms with van der Waals surface area (Å²) in [4.78, 5) is 17.5. The Morgan fingerprint density at radius 2 is 2.21 bits per heavy atom. The minimum Gasteiger partial charge on any atom is -0.481 e. The average molecular weight is 258 g/mol. The summed E-state index contributed by atoms with van der Waals surface area (Å²) in [7, 11) is 0. The first-order valence-corrected chi connectivity index (χ1v) is 6.83. The molecule has 3 rings (SSSR count). The molecule has 0 amide bonds. The van der Waals surface area contributed by atoms with Crippen LogP contribution in [0.15, 0.2) is 29.3 Å². The van der Waals surface area contributed by atoms with E-state index < -0.39 is 5.97 Å². The quantitative estimate of drug-likeness (QED) is 0.882. The van der Waals surface area contributed by atoms with Crippen molar-refractivity contribution < 1.29 is 9.90 Å². The van der Waals surface area contributed by atoms with Gasteiger partial charge in [0.15, 0.2) is 0 Å². The molecule has 0 radical (unpaired) electrons. The number of aliphatic carboxylic acids is 1. The maximum Gasteiger partial charge on any atom is 0.303 e. The molecule has 100 valence electrons. The maximum atomic E-state index is 11.1. The van der Waals surface area contributed by atoms with Crippen LogP contribution in [0, 0.1) is 5.92 Å². The van der Waals surface area contributed by atoms with Crippen molar-refractivity contribution in [3.63, 3.8) is 0 Å². The molecular formula is C15H18N2O2. The molecule has 1 N–H and O–H groups in total. The molecule has 1 unspecified atom stereocenters. The lowest BCUT2D eigenvalue weighted by Gasteiger charge is -2.23. The molecule has 0 bridgehead atoms. The van der Waals surface area contributed by atoms with Gasteiger partial charge in [-0.2, -0.15) is 0 Å². The van der Waals surface area contributed by atoms with E-state index >= 15 is 0 Å². The molecule has 1 saturated carbocycles. The molecule has 1 aliphatic heterocycles. The fourth-order valence-corrected chi connectivity index (χ4v) is 2.84. The first-order chi connectivity index (χ1) is 9.25. The minimum atomic E-state index is -0.707. The molecule has 0 spiro atoms. The molecule has 1 aromatic rings. The Morgan fingerprint density at radius 3 is 2.84 bits per heavy atom. The number of benzene rings is 1.